The van der Waals surface area contributed by atoms with E-state index in [0.29, 0.717) is 22.8 Å². The lowest BCUT2D eigenvalue weighted by Crippen LogP contribution is -2.08. The molecule has 112 valence electrons. The van der Waals surface area contributed by atoms with Gasteiger partial charge in [0.1, 0.15) is 6.29 Å². The molecule has 0 radical (unpaired) electrons. The molecule has 1 heterocycles. The predicted molar refractivity (Wildman–Crippen MR) is 79.1 cm³/mol. The zero-order valence-electron chi connectivity index (χ0n) is 11.8. The number of carbonyl (C=O) groups excluding carboxylic acids is 2. The summed E-state index contributed by atoms with van der Waals surface area (Å²) in [5.41, 5.74) is 1.03. The minimum atomic E-state index is -3.89. The lowest BCUT2D eigenvalue weighted by Gasteiger charge is -2.11. The Hall–Kier alpha value is -1.75. The average Bonchev–Trinajstić information content (AvgIpc) is 2.78. The van der Waals surface area contributed by atoms with E-state index in [1.54, 1.807) is 23.8 Å². The van der Waals surface area contributed by atoms with Gasteiger partial charge in [-0.15, -0.1) is 0 Å². The number of aldehydes is 1. The van der Waals surface area contributed by atoms with Crippen molar-refractivity contribution in [3.05, 3.63) is 30.0 Å². The molecule has 7 heteroatoms. The summed E-state index contributed by atoms with van der Waals surface area (Å²) in [6.07, 6.45) is 2.28. The van der Waals surface area contributed by atoms with E-state index < -0.39 is 7.60 Å². The summed E-state index contributed by atoms with van der Waals surface area (Å²) in [6, 6.07) is 4.56. The summed E-state index contributed by atoms with van der Waals surface area (Å²) in [7, 11) is -3.89. The van der Waals surface area contributed by atoms with Crippen molar-refractivity contribution in [3.8, 4) is 0 Å². The van der Waals surface area contributed by atoms with Crippen LogP contribution in [0, 0.1) is 0 Å². The quantitative estimate of drug-likeness (QED) is 0.500. The van der Waals surface area contributed by atoms with Crippen LogP contribution in [-0.4, -0.2) is 28.1 Å². The predicted octanol–water partition coefficient (Wildman–Crippen LogP) is 1.89. The van der Waals surface area contributed by atoms with Gasteiger partial charge in [-0.1, -0.05) is 6.07 Å². The summed E-state index contributed by atoms with van der Waals surface area (Å²) in [6.45, 7) is 3.24. The maximum atomic E-state index is 12.1. The third-order valence-corrected chi connectivity index (χ3v) is 4.69. The van der Waals surface area contributed by atoms with Crippen molar-refractivity contribution in [3.63, 3.8) is 0 Å². The Morgan fingerprint density at radius 1 is 1.48 bits per heavy atom. The molecule has 0 amide bonds. The first kappa shape index (κ1) is 15.6. The van der Waals surface area contributed by atoms with Gasteiger partial charge in [0.15, 0.2) is 5.78 Å². The molecule has 0 saturated carbocycles. The molecule has 1 unspecified atom stereocenters. The molecule has 1 aromatic heterocycles. The van der Waals surface area contributed by atoms with Crippen LogP contribution in [0.3, 0.4) is 0 Å². The highest BCUT2D eigenvalue weighted by Crippen LogP contribution is 2.41. The van der Waals surface area contributed by atoms with Gasteiger partial charge in [0.2, 0.25) is 0 Å². The first-order valence-electron chi connectivity index (χ1n) is 6.46. The van der Waals surface area contributed by atoms with Gasteiger partial charge in [0.05, 0.1) is 24.0 Å². The number of hydrogen-bond acceptors (Lipinski definition) is 4. The van der Waals surface area contributed by atoms with Crippen LogP contribution >= 0.6 is 7.60 Å². The fraction of sp³-hybridized carbons (Fsp3) is 0.286. The minimum absolute atomic E-state index is 0.0671. The zero-order chi connectivity index (χ0) is 15.6. The van der Waals surface area contributed by atoms with Crippen molar-refractivity contribution in [2.75, 3.05) is 6.61 Å². The molecule has 1 N–H and O–H groups in total. The van der Waals surface area contributed by atoms with Gasteiger partial charge >= 0.3 is 7.60 Å². The second-order valence-electron chi connectivity index (χ2n) is 4.56. The maximum Gasteiger partial charge on any atom is 0.358 e. The molecule has 6 nitrogen and oxygen atoms in total. The van der Waals surface area contributed by atoms with Crippen molar-refractivity contribution in [2.45, 2.75) is 20.4 Å². The SMILES string of the molecule is CCOP(=O)(O)c1ccc2c(C(C)=O)cn(CC=O)c2c1. The molecule has 2 rings (SSSR count). The molecule has 21 heavy (non-hydrogen) atoms. The Kier molecular flexibility index (Phi) is 4.42. The number of rotatable bonds is 6. The Morgan fingerprint density at radius 3 is 2.76 bits per heavy atom. The van der Waals surface area contributed by atoms with Crippen LogP contribution in [0.4, 0.5) is 0 Å². The fourth-order valence-electron chi connectivity index (χ4n) is 2.22. The first-order chi connectivity index (χ1) is 9.90. The highest BCUT2D eigenvalue weighted by molar-refractivity contribution is 7.61. The zero-order valence-corrected chi connectivity index (χ0v) is 12.7. The van der Waals surface area contributed by atoms with Crippen LogP contribution in [0.2, 0.25) is 0 Å². The monoisotopic (exact) mass is 309 g/mol. The van der Waals surface area contributed by atoms with Gasteiger partial charge in [0.25, 0.3) is 0 Å². The average molecular weight is 309 g/mol. The van der Waals surface area contributed by atoms with E-state index in [0.717, 1.165) is 0 Å². The van der Waals surface area contributed by atoms with Crippen LogP contribution in [-0.2, 0) is 20.4 Å². The van der Waals surface area contributed by atoms with Crippen molar-refractivity contribution < 1.29 is 23.6 Å². The molecule has 0 aliphatic rings. The number of hydrogen-bond donors (Lipinski definition) is 1. The standard InChI is InChI=1S/C14H16NO5P/c1-3-20-21(18,19)11-4-5-12-13(10(2)17)9-15(6-7-16)14(12)8-11/h4-5,7-9H,3,6H2,1-2H3,(H,18,19). The van der Waals surface area contributed by atoms with E-state index in [1.807, 2.05) is 0 Å². The summed E-state index contributed by atoms with van der Waals surface area (Å²) >= 11 is 0. The van der Waals surface area contributed by atoms with Gasteiger partial charge in [-0.25, -0.2) is 0 Å². The Balaban J connectivity index is 2.66. The second kappa shape index (κ2) is 5.93. The number of ketones is 1. The van der Waals surface area contributed by atoms with Crippen molar-refractivity contribution >= 4 is 35.9 Å². The third-order valence-electron chi connectivity index (χ3n) is 3.15. The summed E-state index contributed by atoms with van der Waals surface area (Å²) in [4.78, 5) is 32.2. The summed E-state index contributed by atoms with van der Waals surface area (Å²) in [5, 5.41) is 0.779. The van der Waals surface area contributed by atoms with E-state index in [2.05, 4.69) is 0 Å². The van der Waals surface area contributed by atoms with Crippen LogP contribution in [0.1, 0.15) is 24.2 Å². The molecule has 0 bridgehead atoms. The highest BCUT2D eigenvalue weighted by Gasteiger charge is 2.23. The molecule has 0 saturated heterocycles. The number of Topliss-reactive ketones (excluding diaryl/α,β-unsaturated/α-hetero) is 1. The van der Waals surface area contributed by atoms with Crippen molar-refractivity contribution in [2.24, 2.45) is 0 Å². The molecule has 1 aromatic carbocycles. The Labute approximate surface area is 121 Å². The van der Waals surface area contributed by atoms with Crippen LogP contribution < -0.4 is 5.30 Å². The second-order valence-corrected chi connectivity index (χ2v) is 6.37. The van der Waals surface area contributed by atoms with Crippen LogP contribution in [0.15, 0.2) is 24.4 Å². The highest BCUT2D eigenvalue weighted by atomic mass is 31.2. The molecule has 1 atom stereocenters. The number of nitrogens with zero attached hydrogens (tertiary/aromatic N) is 1. The van der Waals surface area contributed by atoms with Crippen molar-refractivity contribution in [1.29, 1.82) is 0 Å². The summed E-state index contributed by atoms with van der Waals surface area (Å²) < 4.78 is 18.5. The molecule has 0 aliphatic heterocycles. The number of carbonyl (C=O) groups is 2. The Bertz CT molecular complexity index is 749. The lowest BCUT2D eigenvalue weighted by atomic mass is 10.1. The normalized spacial score (nSPS) is 14.0. The van der Waals surface area contributed by atoms with Gasteiger partial charge in [-0.2, -0.15) is 0 Å². The van der Waals surface area contributed by atoms with Crippen molar-refractivity contribution in [1.82, 2.24) is 4.57 Å². The number of aromatic nitrogens is 1. The minimum Gasteiger partial charge on any atom is -0.340 e. The lowest BCUT2D eigenvalue weighted by molar-refractivity contribution is -0.108. The molecule has 0 fully saturated rings. The van der Waals surface area contributed by atoms with Gasteiger partial charge in [-0.05, 0) is 26.0 Å². The van der Waals surface area contributed by atoms with Crippen LogP contribution in [0.25, 0.3) is 10.9 Å². The van der Waals surface area contributed by atoms with E-state index in [-0.39, 0.29) is 24.2 Å². The number of fused-ring (bicyclic) bond motifs is 1. The molecular formula is C14H16NO5P. The molecule has 0 aliphatic carbocycles. The molecule has 0 spiro atoms. The van der Waals surface area contributed by atoms with Crippen LogP contribution in [0.5, 0.6) is 0 Å². The molecule has 2 aromatic rings. The van der Waals surface area contributed by atoms with E-state index in [4.69, 9.17) is 4.52 Å². The van der Waals surface area contributed by atoms with E-state index in [1.165, 1.54) is 19.1 Å². The summed E-state index contributed by atoms with van der Waals surface area (Å²) in [5.74, 6) is -0.130. The van der Waals surface area contributed by atoms with Gasteiger partial charge < -0.3 is 18.8 Å². The van der Waals surface area contributed by atoms with Gasteiger partial charge in [0, 0.05) is 17.1 Å². The van der Waals surface area contributed by atoms with E-state index >= 15 is 0 Å². The maximum absolute atomic E-state index is 12.1. The Morgan fingerprint density at radius 2 is 2.19 bits per heavy atom. The number of benzene rings is 1. The van der Waals surface area contributed by atoms with E-state index in [9.17, 15) is 19.0 Å². The first-order valence-corrected chi connectivity index (χ1v) is 8.03. The largest absolute Gasteiger partial charge is 0.358 e. The van der Waals surface area contributed by atoms with Gasteiger partial charge in [-0.3, -0.25) is 9.36 Å². The smallest absolute Gasteiger partial charge is 0.340 e. The molecular weight excluding hydrogens is 293 g/mol. The topological polar surface area (TPSA) is 85.6 Å². The fourth-order valence-corrected chi connectivity index (χ4v) is 3.26. The third kappa shape index (κ3) is 2.97.